The first kappa shape index (κ1) is 10.1. The molecule has 0 aliphatic heterocycles. The molecule has 0 radical (unpaired) electrons. The van der Waals surface area contributed by atoms with Crippen LogP contribution in [0.15, 0.2) is 35.4 Å². The molecule has 86 valence electrons. The Labute approximate surface area is 98.1 Å². The molecule has 0 spiro atoms. The van der Waals surface area contributed by atoms with Crippen molar-refractivity contribution in [2.24, 2.45) is 7.05 Å². The molecule has 1 aromatic carbocycles. The van der Waals surface area contributed by atoms with Crippen LogP contribution in [0.25, 0.3) is 21.9 Å². The number of nitrogens with zero attached hydrogens (tertiary/aromatic N) is 3. The van der Waals surface area contributed by atoms with Crippen LogP contribution < -0.4 is 5.56 Å². The lowest BCUT2D eigenvalue weighted by Gasteiger charge is -2.08. The van der Waals surface area contributed by atoms with E-state index < -0.39 is 0 Å². The third-order valence-electron chi connectivity index (χ3n) is 3.15. The summed E-state index contributed by atoms with van der Waals surface area (Å²) in [5.41, 5.74) is 2.44. The fourth-order valence-electron chi connectivity index (χ4n) is 2.34. The van der Waals surface area contributed by atoms with Crippen molar-refractivity contribution in [3.63, 3.8) is 0 Å². The van der Waals surface area contributed by atoms with Gasteiger partial charge in [-0.15, -0.1) is 0 Å². The maximum Gasteiger partial charge on any atom is 0.277 e. The number of pyridine rings is 1. The molecule has 2 aromatic heterocycles. The van der Waals surface area contributed by atoms with Gasteiger partial charge in [0.05, 0.1) is 11.8 Å². The molecule has 4 nitrogen and oxygen atoms in total. The van der Waals surface area contributed by atoms with E-state index in [2.05, 4.69) is 4.98 Å². The molecule has 0 aliphatic carbocycles. The SMILES string of the molecule is CCn1c(=O)c2c(ncn2C)c2ccccc21. The normalized spacial score (nSPS) is 11.4. The summed E-state index contributed by atoms with van der Waals surface area (Å²) in [5, 5.41) is 1.03. The molecule has 0 unspecified atom stereocenters. The third-order valence-corrected chi connectivity index (χ3v) is 3.15. The van der Waals surface area contributed by atoms with Crippen LogP contribution in [0, 0.1) is 0 Å². The van der Waals surface area contributed by atoms with Crippen LogP contribution in [0.3, 0.4) is 0 Å². The van der Waals surface area contributed by atoms with E-state index in [4.69, 9.17) is 0 Å². The van der Waals surface area contributed by atoms with Gasteiger partial charge in [-0.05, 0) is 13.0 Å². The van der Waals surface area contributed by atoms with E-state index in [-0.39, 0.29) is 5.56 Å². The number of fused-ring (bicyclic) bond motifs is 3. The fraction of sp³-hybridized carbons (Fsp3) is 0.231. The van der Waals surface area contributed by atoms with Crippen LogP contribution in [0.5, 0.6) is 0 Å². The number of hydrogen-bond acceptors (Lipinski definition) is 2. The van der Waals surface area contributed by atoms with Gasteiger partial charge in [0, 0.05) is 19.0 Å². The molecule has 3 rings (SSSR count). The maximum atomic E-state index is 12.4. The Bertz CT molecular complexity index is 767. The molecule has 4 heteroatoms. The first-order valence-electron chi connectivity index (χ1n) is 5.66. The first-order valence-corrected chi connectivity index (χ1v) is 5.66. The van der Waals surface area contributed by atoms with E-state index in [1.54, 1.807) is 15.5 Å². The smallest absolute Gasteiger partial charge is 0.277 e. The number of aryl methyl sites for hydroxylation is 2. The Hall–Kier alpha value is -2.10. The predicted molar refractivity (Wildman–Crippen MR) is 68.2 cm³/mol. The number of imidazole rings is 1. The minimum atomic E-state index is 0.0289. The van der Waals surface area contributed by atoms with E-state index in [1.807, 2.05) is 38.2 Å². The van der Waals surface area contributed by atoms with Gasteiger partial charge in [-0.25, -0.2) is 4.98 Å². The summed E-state index contributed by atoms with van der Waals surface area (Å²) in [6.07, 6.45) is 1.69. The molecule has 3 aromatic rings. The van der Waals surface area contributed by atoms with Crippen molar-refractivity contribution < 1.29 is 0 Å². The average molecular weight is 227 g/mol. The zero-order valence-electron chi connectivity index (χ0n) is 9.84. The first-order chi connectivity index (χ1) is 8.24. The summed E-state index contributed by atoms with van der Waals surface area (Å²) < 4.78 is 3.58. The Kier molecular flexibility index (Phi) is 2.04. The van der Waals surface area contributed by atoms with Gasteiger partial charge in [-0.2, -0.15) is 0 Å². The van der Waals surface area contributed by atoms with Gasteiger partial charge < -0.3 is 9.13 Å². The lowest BCUT2D eigenvalue weighted by molar-refractivity contribution is 0.760. The second kappa shape index (κ2) is 3.45. The Morgan fingerprint density at radius 1 is 1.29 bits per heavy atom. The monoisotopic (exact) mass is 227 g/mol. The molecule has 17 heavy (non-hydrogen) atoms. The molecular formula is C13H13N3O. The van der Waals surface area contributed by atoms with Crippen LogP contribution in [0.4, 0.5) is 0 Å². The summed E-state index contributed by atoms with van der Waals surface area (Å²) in [5.74, 6) is 0. The van der Waals surface area contributed by atoms with Gasteiger partial charge in [-0.1, -0.05) is 18.2 Å². The van der Waals surface area contributed by atoms with Crippen molar-refractivity contribution in [3.05, 3.63) is 40.9 Å². The van der Waals surface area contributed by atoms with Crippen molar-refractivity contribution in [1.29, 1.82) is 0 Å². The van der Waals surface area contributed by atoms with Crippen LogP contribution in [0.2, 0.25) is 0 Å². The number of hydrogen-bond donors (Lipinski definition) is 0. The quantitative estimate of drug-likeness (QED) is 0.637. The molecule has 0 fully saturated rings. The van der Waals surface area contributed by atoms with Crippen molar-refractivity contribution in [1.82, 2.24) is 14.1 Å². The highest BCUT2D eigenvalue weighted by Gasteiger charge is 2.12. The Morgan fingerprint density at radius 3 is 2.82 bits per heavy atom. The van der Waals surface area contributed by atoms with E-state index in [0.717, 1.165) is 16.4 Å². The lowest BCUT2D eigenvalue weighted by atomic mass is 10.2. The topological polar surface area (TPSA) is 39.8 Å². The summed E-state index contributed by atoms with van der Waals surface area (Å²) in [7, 11) is 1.85. The van der Waals surface area contributed by atoms with Crippen molar-refractivity contribution in [2.75, 3.05) is 0 Å². The van der Waals surface area contributed by atoms with Crippen LogP contribution in [0.1, 0.15) is 6.92 Å². The van der Waals surface area contributed by atoms with E-state index in [9.17, 15) is 4.79 Å². The number of benzene rings is 1. The molecule has 0 aliphatic rings. The number of rotatable bonds is 1. The largest absolute Gasteiger partial charge is 0.329 e. The molecule has 0 atom stereocenters. The molecule has 0 bridgehead atoms. The maximum absolute atomic E-state index is 12.4. The molecular weight excluding hydrogens is 214 g/mol. The number of aromatic nitrogens is 3. The highest BCUT2D eigenvalue weighted by atomic mass is 16.1. The zero-order chi connectivity index (χ0) is 12.0. The van der Waals surface area contributed by atoms with Crippen LogP contribution in [-0.4, -0.2) is 14.1 Å². The molecule has 2 heterocycles. The van der Waals surface area contributed by atoms with Gasteiger partial charge in [-0.3, -0.25) is 4.79 Å². The van der Waals surface area contributed by atoms with E-state index in [0.29, 0.717) is 12.1 Å². The van der Waals surface area contributed by atoms with Gasteiger partial charge >= 0.3 is 0 Å². The zero-order valence-corrected chi connectivity index (χ0v) is 9.84. The summed E-state index contributed by atoms with van der Waals surface area (Å²) in [4.78, 5) is 16.7. The van der Waals surface area contributed by atoms with Gasteiger partial charge in [0.2, 0.25) is 0 Å². The Balaban J connectivity index is 2.70. The highest BCUT2D eigenvalue weighted by molar-refractivity contribution is 6.02. The second-order valence-corrected chi connectivity index (χ2v) is 4.12. The average Bonchev–Trinajstić information content (AvgIpc) is 2.73. The lowest BCUT2D eigenvalue weighted by Crippen LogP contribution is -2.21. The van der Waals surface area contributed by atoms with Crippen molar-refractivity contribution in [2.45, 2.75) is 13.5 Å². The molecule has 0 saturated carbocycles. The summed E-state index contributed by atoms with van der Waals surface area (Å²) >= 11 is 0. The van der Waals surface area contributed by atoms with Gasteiger partial charge in [0.15, 0.2) is 0 Å². The standard InChI is InChI=1S/C13H13N3O/c1-3-16-10-7-5-4-6-9(10)11-12(13(16)17)15(2)8-14-11/h4-8H,3H2,1-2H3. The minimum Gasteiger partial charge on any atom is -0.329 e. The highest BCUT2D eigenvalue weighted by Crippen LogP contribution is 2.20. The van der Waals surface area contributed by atoms with E-state index in [1.165, 1.54) is 0 Å². The predicted octanol–water partition coefficient (Wildman–Crippen LogP) is 1.91. The van der Waals surface area contributed by atoms with Crippen LogP contribution in [-0.2, 0) is 13.6 Å². The fourth-order valence-corrected chi connectivity index (χ4v) is 2.34. The second-order valence-electron chi connectivity index (χ2n) is 4.12. The van der Waals surface area contributed by atoms with Crippen molar-refractivity contribution in [3.8, 4) is 0 Å². The van der Waals surface area contributed by atoms with Gasteiger partial charge in [0.25, 0.3) is 5.56 Å². The Morgan fingerprint density at radius 2 is 2.06 bits per heavy atom. The molecule has 0 N–H and O–H groups in total. The molecule has 0 amide bonds. The summed E-state index contributed by atoms with van der Waals surface area (Å²) in [6, 6.07) is 7.90. The number of para-hydroxylation sites is 1. The molecule has 0 saturated heterocycles. The van der Waals surface area contributed by atoms with Gasteiger partial charge in [0.1, 0.15) is 11.0 Å². The summed E-state index contributed by atoms with van der Waals surface area (Å²) in [6.45, 7) is 2.65. The van der Waals surface area contributed by atoms with E-state index >= 15 is 0 Å². The minimum absolute atomic E-state index is 0.0289. The third kappa shape index (κ3) is 1.24. The van der Waals surface area contributed by atoms with Crippen LogP contribution >= 0.6 is 0 Å². The van der Waals surface area contributed by atoms with Crippen molar-refractivity contribution >= 4 is 21.9 Å².